The molecule has 0 radical (unpaired) electrons. The van der Waals surface area contributed by atoms with Gasteiger partial charge in [0.15, 0.2) is 0 Å². The Morgan fingerprint density at radius 1 is 1.29 bits per heavy atom. The summed E-state index contributed by atoms with van der Waals surface area (Å²) in [5.74, 6) is 0.304. The number of benzene rings is 1. The lowest BCUT2D eigenvalue weighted by molar-refractivity contribution is -0.138. The smallest absolute Gasteiger partial charge is 0.243 e. The average molecular weight is 439 g/mol. The molecule has 1 aliphatic rings. The Morgan fingerprint density at radius 3 is 2.71 bits per heavy atom. The number of rotatable bonds is 6. The molecule has 2 aromatic heterocycles. The standard InChI is InChI=1S/C23H26N4O3S/c1-14-11-19(30-26-14)12-21(28)27-10-4-5-20(27)23(29)25-15(2)17-6-8-18(9-7-17)22-16(3)24-13-31-22/h6-9,11,13,15,20H,4-5,10,12H2,1-3H3,(H,25,29)/t15-,20-/m0/s1. The van der Waals surface area contributed by atoms with E-state index >= 15 is 0 Å². The molecule has 8 heteroatoms. The first-order chi connectivity index (χ1) is 14.9. The fourth-order valence-electron chi connectivity index (χ4n) is 3.98. The van der Waals surface area contributed by atoms with Gasteiger partial charge in [-0.1, -0.05) is 29.4 Å². The Morgan fingerprint density at radius 2 is 2.06 bits per heavy atom. The van der Waals surface area contributed by atoms with Crippen LogP contribution < -0.4 is 5.32 Å². The number of aryl methyl sites for hydroxylation is 2. The quantitative estimate of drug-likeness (QED) is 0.632. The molecule has 162 valence electrons. The highest BCUT2D eigenvalue weighted by Crippen LogP contribution is 2.28. The Labute approximate surface area is 185 Å². The van der Waals surface area contributed by atoms with Gasteiger partial charge in [0.25, 0.3) is 0 Å². The summed E-state index contributed by atoms with van der Waals surface area (Å²) >= 11 is 1.62. The summed E-state index contributed by atoms with van der Waals surface area (Å²) in [5.41, 5.74) is 5.75. The molecule has 2 atom stereocenters. The first-order valence-corrected chi connectivity index (χ1v) is 11.3. The molecular weight excluding hydrogens is 412 g/mol. The minimum Gasteiger partial charge on any atom is -0.361 e. The highest BCUT2D eigenvalue weighted by molar-refractivity contribution is 7.13. The van der Waals surface area contributed by atoms with Crippen molar-refractivity contribution in [2.45, 2.75) is 52.1 Å². The maximum Gasteiger partial charge on any atom is 0.243 e. The van der Waals surface area contributed by atoms with E-state index in [1.165, 1.54) is 0 Å². The van der Waals surface area contributed by atoms with Gasteiger partial charge < -0.3 is 14.7 Å². The van der Waals surface area contributed by atoms with E-state index in [0.29, 0.717) is 18.7 Å². The second kappa shape index (κ2) is 9.01. The summed E-state index contributed by atoms with van der Waals surface area (Å²) in [6.07, 6.45) is 1.61. The Kier molecular flexibility index (Phi) is 6.18. The van der Waals surface area contributed by atoms with E-state index in [9.17, 15) is 9.59 Å². The molecule has 2 amide bonds. The van der Waals surface area contributed by atoms with Crippen LogP contribution in [0.5, 0.6) is 0 Å². The second-order valence-corrected chi connectivity index (χ2v) is 8.83. The number of hydrogen-bond acceptors (Lipinski definition) is 6. The molecule has 3 aromatic rings. The molecule has 4 rings (SSSR count). The molecule has 31 heavy (non-hydrogen) atoms. The van der Waals surface area contributed by atoms with E-state index in [1.807, 2.05) is 38.4 Å². The fraction of sp³-hybridized carbons (Fsp3) is 0.391. The lowest BCUT2D eigenvalue weighted by Crippen LogP contribution is -2.47. The van der Waals surface area contributed by atoms with Gasteiger partial charge in [0.05, 0.1) is 34.2 Å². The minimum absolute atomic E-state index is 0.106. The zero-order valence-corrected chi connectivity index (χ0v) is 18.7. The normalized spacial score (nSPS) is 17.0. The third-order valence-electron chi connectivity index (χ3n) is 5.66. The molecule has 1 saturated heterocycles. The molecule has 1 N–H and O–H groups in total. The van der Waals surface area contributed by atoms with Gasteiger partial charge >= 0.3 is 0 Å². The molecule has 0 saturated carbocycles. The van der Waals surface area contributed by atoms with Crippen molar-refractivity contribution >= 4 is 23.2 Å². The number of aromatic nitrogens is 2. The topological polar surface area (TPSA) is 88.3 Å². The van der Waals surface area contributed by atoms with Crippen molar-refractivity contribution in [3.8, 4) is 10.4 Å². The Balaban J connectivity index is 1.38. The van der Waals surface area contributed by atoms with Crippen LogP contribution in [-0.4, -0.2) is 39.4 Å². The van der Waals surface area contributed by atoms with E-state index in [0.717, 1.165) is 33.8 Å². The largest absolute Gasteiger partial charge is 0.361 e. The van der Waals surface area contributed by atoms with Crippen molar-refractivity contribution in [1.82, 2.24) is 20.4 Å². The Bertz CT molecular complexity index is 1070. The summed E-state index contributed by atoms with van der Waals surface area (Å²) in [6, 6.07) is 9.33. The number of nitrogens with one attached hydrogen (secondary N) is 1. The molecule has 0 aliphatic carbocycles. The first kappa shape index (κ1) is 21.2. The molecule has 0 spiro atoms. The van der Waals surface area contributed by atoms with Crippen molar-refractivity contribution in [2.24, 2.45) is 0 Å². The van der Waals surface area contributed by atoms with Crippen LogP contribution in [0.4, 0.5) is 0 Å². The third kappa shape index (κ3) is 4.69. The second-order valence-electron chi connectivity index (χ2n) is 7.98. The van der Waals surface area contributed by atoms with Crippen molar-refractivity contribution in [1.29, 1.82) is 0 Å². The van der Waals surface area contributed by atoms with Crippen molar-refractivity contribution < 1.29 is 14.1 Å². The van der Waals surface area contributed by atoms with Gasteiger partial charge in [0, 0.05) is 12.6 Å². The Hall–Kier alpha value is -3.00. The number of carbonyl (C=O) groups is 2. The van der Waals surface area contributed by atoms with Crippen LogP contribution in [0, 0.1) is 13.8 Å². The van der Waals surface area contributed by atoms with Gasteiger partial charge in [-0.3, -0.25) is 9.59 Å². The van der Waals surface area contributed by atoms with Gasteiger partial charge in [-0.05, 0) is 44.7 Å². The highest BCUT2D eigenvalue weighted by atomic mass is 32.1. The molecule has 0 bridgehead atoms. The van der Waals surface area contributed by atoms with Crippen LogP contribution in [-0.2, 0) is 16.0 Å². The number of carbonyl (C=O) groups excluding carboxylic acids is 2. The summed E-state index contributed by atoms with van der Waals surface area (Å²) in [6.45, 7) is 6.36. The van der Waals surface area contributed by atoms with Crippen LogP contribution >= 0.6 is 11.3 Å². The average Bonchev–Trinajstić information content (AvgIpc) is 3.49. The SMILES string of the molecule is Cc1cc(CC(=O)N2CCC[C@H]2C(=O)N[C@@H](C)c2ccc(-c3scnc3C)cc2)on1. The van der Waals surface area contributed by atoms with Gasteiger partial charge in [0.2, 0.25) is 11.8 Å². The zero-order chi connectivity index (χ0) is 22.0. The minimum atomic E-state index is -0.446. The number of amides is 2. The number of likely N-dealkylation sites (tertiary alicyclic amines) is 1. The number of thiazole rings is 1. The van der Waals surface area contributed by atoms with Crippen LogP contribution in [0.3, 0.4) is 0 Å². The van der Waals surface area contributed by atoms with Gasteiger partial charge in [-0.25, -0.2) is 4.98 Å². The van der Waals surface area contributed by atoms with Crippen LogP contribution in [0.1, 0.15) is 48.5 Å². The van der Waals surface area contributed by atoms with Gasteiger partial charge in [-0.2, -0.15) is 0 Å². The first-order valence-electron chi connectivity index (χ1n) is 10.4. The van der Waals surface area contributed by atoms with E-state index < -0.39 is 6.04 Å². The molecule has 7 nitrogen and oxygen atoms in total. The van der Waals surface area contributed by atoms with Crippen LogP contribution in [0.15, 0.2) is 40.4 Å². The predicted molar refractivity (Wildman–Crippen MR) is 119 cm³/mol. The van der Waals surface area contributed by atoms with E-state index in [1.54, 1.807) is 22.3 Å². The van der Waals surface area contributed by atoms with Crippen molar-refractivity contribution in [2.75, 3.05) is 6.54 Å². The number of nitrogens with zero attached hydrogens (tertiary/aromatic N) is 3. The summed E-state index contributed by atoms with van der Waals surface area (Å²) < 4.78 is 5.16. The molecule has 1 aromatic carbocycles. The van der Waals surface area contributed by atoms with Gasteiger partial charge in [-0.15, -0.1) is 11.3 Å². The lowest BCUT2D eigenvalue weighted by Gasteiger charge is -2.25. The monoisotopic (exact) mass is 438 g/mol. The zero-order valence-electron chi connectivity index (χ0n) is 17.9. The summed E-state index contributed by atoms with van der Waals surface area (Å²) in [5, 5.41) is 6.90. The lowest BCUT2D eigenvalue weighted by atomic mass is 10.0. The number of hydrogen-bond donors (Lipinski definition) is 1. The van der Waals surface area contributed by atoms with Crippen LogP contribution in [0.2, 0.25) is 0 Å². The third-order valence-corrected chi connectivity index (χ3v) is 6.63. The maximum absolute atomic E-state index is 13.0. The molecular formula is C23H26N4O3S. The summed E-state index contributed by atoms with van der Waals surface area (Å²) in [4.78, 5) is 32.8. The predicted octanol–water partition coefficient (Wildman–Crippen LogP) is 3.83. The fourth-order valence-corrected chi connectivity index (χ4v) is 4.79. The molecule has 0 unspecified atom stereocenters. The summed E-state index contributed by atoms with van der Waals surface area (Å²) in [7, 11) is 0. The molecule has 3 heterocycles. The maximum atomic E-state index is 13.0. The van der Waals surface area contributed by atoms with Crippen LogP contribution in [0.25, 0.3) is 10.4 Å². The van der Waals surface area contributed by atoms with Gasteiger partial charge in [0.1, 0.15) is 11.8 Å². The van der Waals surface area contributed by atoms with Crippen molar-refractivity contribution in [3.63, 3.8) is 0 Å². The van der Waals surface area contributed by atoms with E-state index in [2.05, 4.69) is 27.6 Å². The van der Waals surface area contributed by atoms with Crippen molar-refractivity contribution in [3.05, 3.63) is 58.6 Å². The molecule has 1 aliphatic heterocycles. The van der Waals surface area contributed by atoms with E-state index in [4.69, 9.17) is 4.52 Å². The molecule has 1 fully saturated rings. The highest BCUT2D eigenvalue weighted by Gasteiger charge is 2.34. The van der Waals surface area contributed by atoms with E-state index in [-0.39, 0.29) is 24.3 Å².